The summed E-state index contributed by atoms with van der Waals surface area (Å²) in [5.74, 6) is 0.778. The van der Waals surface area contributed by atoms with E-state index >= 15 is 0 Å². The Labute approximate surface area is 246 Å². The molecule has 2 N–H and O–H groups in total. The lowest BCUT2D eigenvalue weighted by Crippen LogP contribution is -2.25. The van der Waals surface area contributed by atoms with Gasteiger partial charge in [0.1, 0.15) is 11.2 Å². The van der Waals surface area contributed by atoms with E-state index in [9.17, 15) is 0 Å². The van der Waals surface area contributed by atoms with Gasteiger partial charge in [0.2, 0.25) is 0 Å². The lowest BCUT2D eigenvalue weighted by Gasteiger charge is -2.14. The molecular formula is C38H24N4O. The topological polar surface area (TPSA) is 66.3 Å². The van der Waals surface area contributed by atoms with Crippen LogP contribution in [0.2, 0.25) is 0 Å². The molecule has 43 heavy (non-hydrogen) atoms. The minimum atomic E-state index is 0.188. The minimum absolute atomic E-state index is 0.188. The monoisotopic (exact) mass is 552 g/mol. The number of benzene rings is 6. The third-order valence-electron chi connectivity index (χ3n) is 8.46. The Bertz CT molecular complexity index is 2540. The molecule has 2 aromatic heterocycles. The first-order chi connectivity index (χ1) is 21.3. The molecule has 0 aliphatic rings. The molecule has 0 aliphatic heterocycles. The van der Waals surface area contributed by atoms with Gasteiger partial charge in [-0.15, -0.1) is 0 Å². The number of aliphatic imine (C=N–C) groups is 1. The van der Waals surface area contributed by atoms with Crippen LogP contribution in [0.4, 0.5) is 0 Å². The van der Waals surface area contributed by atoms with Crippen molar-refractivity contribution in [1.29, 1.82) is 5.41 Å². The molecule has 7 aromatic carbocycles. The average molecular weight is 553 g/mol. The Balaban J connectivity index is 1.41. The number of nitrogens with one attached hydrogen (secondary N) is 2. The molecule has 0 aliphatic carbocycles. The molecule has 0 unspecified atom stereocenters. The van der Waals surface area contributed by atoms with Crippen molar-refractivity contribution >= 4 is 77.0 Å². The third kappa shape index (κ3) is 3.45. The van der Waals surface area contributed by atoms with Crippen LogP contribution in [0, 0.1) is 5.41 Å². The van der Waals surface area contributed by atoms with Crippen molar-refractivity contribution in [1.82, 2.24) is 4.68 Å². The zero-order valence-electron chi connectivity index (χ0n) is 23.0. The van der Waals surface area contributed by atoms with Gasteiger partial charge < -0.3 is 4.42 Å². The molecule has 0 saturated carbocycles. The maximum absolute atomic E-state index is 8.84. The third-order valence-corrected chi connectivity index (χ3v) is 8.46. The van der Waals surface area contributed by atoms with Gasteiger partial charge in [0.25, 0.3) is 0 Å². The maximum Gasteiger partial charge on any atom is 0.154 e. The van der Waals surface area contributed by atoms with Gasteiger partial charge in [-0.2, -0.15) is 0 Å². The van der Waals surface area contributed by atoms with Crippen LogP contribution in [0.5, 0.6) is 0 Å². The Morgan fingerprint density at radius 2 is 1.09 bits per heavy atom. The second-order valence-electron chi connectivity index (χ2n) is 10.8. The van der Waals surface area contributed by atoms with Gasteiger partial charge in [-0.1, -0.05) is 109 Å². The number of amidine groups is 2. The first kappa shape index (κ1) is 23.7. The van der Waals surface area contributed by atoms with Crippen LogP contribution in [-0.4, -0.2) is 16.3 Å². The number of hydrogen-bond acceptors (Lipinski definition) is 2. The Kier molecular flexibility index (Phi) is 4.98. The van der Waals surface area contributed by atoms with Gasteiger partial charge >= 0.3 is 0 Å². The number of furan rings is 1. The van der Waals surface area contributed by atoms with E-state index in [4.69, 9.17) is 14.8 Å². The zero-order valence-corrected chi connectivity index (χ0v) is 23.0. The molecule has 5 heteroatoms. The summed E-state index contributed by atoms with van der Waals surface area (Å²) < 4.78 is 8.59. The highest BCUT2D eigenvalue weighted by atomic mass is 16.3. The summed E-state index contributed by atoms with van der Waals surface area (Å²) in [7, 11) is 0. The second kappa shape index (κ2) is 9.03. The fraction of sp³-hybridized carbons (Fsp3) is 0. The van der Waals surface area contributed by atoms with Gasteiger partial charge in [-0.3, -0.25) is 15.5 Å². The van der Waals surface area contributed by atoms with E-state index in [-0.39, 0.29) is 5.84 Å². The van der Waals surface area contributed by atoms with Crippen molar-refractivity contribution in [2.75, 3.05) is 5.43 Å². The van der Waals surface area contributed by atoms with Crippen molar-refractivity contribution in [2.45, 2.75) is 0 Å². The van der Waals surface area contributed by atoms with Gasteiger partial charge in [0, 0.05) is 32.7 Å². The Morgan fingerprint density at radius 1 is 0.512 bits per heavy atom. The Morgan fingerprint density at radius 3 is 1.84 bits per heavy atom. The largest absolute Gasteiger partial charge is 0.456 e. The van der Waals surface area contributed by atoms with E-state index in [2.05, 4.69) is 82.9 Å². The zero-order chi connectivity index (χ0) is 28.5. The molecule has 2 heterocycles. The quantitative estimate of drug-likeness (QED) is 0.169. The van der Waals surface area contributed by atoms with E-state index in [1.165, 1.54) is 21.5 Å². The van der Waals surface area contributed by atoms with Gasteiger partial charge in [0.05, 0.1) is 11.0 Å². The van der Waals surface area contributed by atoms with Crippen molar-refractivity contribution in [2.24, 2.45) is 4.99 Å². The molecule has 202 valence electrons. The molecule has 9 rings (SSSR count). The van der Waals surface area contributed by atoms with Crippen molar-refractivity contribution in [3.8, 4) is 0 Å². The van der Waals surface area contributed by atoms with Crippen LogP contribution in [0.25, 0.3) is 65.3 Å². The second-order valence-corrected chi connectivity index (χ2v) is 10.8. The smallest absolute Gasteiger partial charge is 0.154 e. The summed E-state index contributed by atoms with van der Waals surface area (Å²) >= 11 is 0. The van der Waals surface area contributed by atoms with Crippen LogP contribution in [0.3, 0.4) is 0 Å². The predicted octanol–water partition coefficient (Wildman–Crippen LogP) is 9.45. The van der Waals surface area contributed by atoms with Crippen molar-refractivity contribution < 1.29 is 4.42 Å². The lowest BCUT2D eigenvalue weighted by molar-refractivity contribution is 0.669. The van der Waals surface area contributed by atoms with Crippen LogP contribution in [-0.2, 0) is 0 Å². The van der Waals surface area contributed by atoms with Crippen LogP contribution in [0.1, 0.15) is 11.1 Å². The van der Waals surface area contributed by atoms with Gasteiger partial charge in [0.15, 0.2) is 11.7 Å². The van der Waals surface area contributed by atoms with Crippen molar-refractivity contribution in [3.63, 3.8) is 0 Å². The molecule has 0 radical (unpaired) electrons. The summed E-state index contributed by atoms with van der Waals surface area (Å²) in [6.45, 7) is 0. The minimum Gasteiger partial charge on any atom is -0.456 e. The molecule has 0 bridgehead atoms. The summed E-state index contributed by atoms with van der Waals surface area (Å²) in [6.07, 6.45) is 0. The highest BCUT2D eigenvalue weighted by Crippen LogP contribution is 2.45. The van der Waals surface area contributed by atoms with Crippen molar-refractivity contribution in [3.05, 3.63) is 145 Å². The van der Waals surface area contributed by atoms with E-state index in [1.807, 2.05) is 60.7 Å². The maximum atomic E-state index is 8.84. The number of fused-ring (bicyclic) bond motifs is 3. The van der Waals surface area contributed by atoms with Gasteiger partial charge in [-0.25, -0.2) is 4.99 Å². The van der Waals surface area contributed by atoms with E-state index in [0.29, 0.717) is 5.84 Å². The van der Waals surface area contributed by atoms with Crippen LogP contribution >= 0.6 is 0 Å². The van der Waals surface area contributed by atoms with Crippen LogP contribution < -0.4 is 5.43 Å². The molecule has 5 nitrogen and oxygen atoms in total. The van der Waals surface area contributed by atoms with E-state index in [0.717, 1.165) is 54.9 Å². The number of aromatic nitrogens is 1. The predicted molar refractivity (Wildman–Crippen MR) is 179 cm³/mol. The number of rotatable bonds is 3. The lowest BCUT2D eigenvalue weighted by atomic mass is 9.95. The summed E-state index contributed by atoms with van der Waals surface area (Å²) in [6, 6.07) is 45.3. The summed E-state index contributed by atoms with van der Waals surface area (Å²) in [5, 5.41) is 18.1. The highest BCUT2D eigenvalue weighted by Gasteiger charge is 2.23. The first-order valence-electron chi connectivity index (χ1n) is 14.3. The normalized spacial score (nSPS) is 12.4. The van der Waals surface area contributed by atoms with E-state index < -0.39 is 0 Å². The molecular weight excluding hydrogens is 528 g/mol. The standard InChI is InChI=1S/C38H24N4O/c39-37(23-11-3-1-4-12-23)40-38(24-13-5-2-6-14-24)41-42-29-19-9-17-27-25-15-7-8-16-26(25)28-18-10-20-31-34(28)36-32(43-31)22-21-30(42)35(36)33(27)29/h1-22H,(H2,39,40,41). The molecule has 0 atom stereocenters. The highest BCUT2D eigenvalue weighted by molar-refractivity contribution is 6.38. The average Bonchev–Trinajstić information content (AvgIpc) is 3.60. The summed E-state index contributed by atoms with van der Waals surface area (Å²) in [4.78, 5) is 4.85. The molecule has 9 aromatic rings. The van der Waals surface area contributed by atoms with Gasteiger partial charge in [-0.05, 0) is 45.8 Å². The fourth-order valence-corrected chi connectivity index (χ4v) is 6.61. The molecule has 0 saturated heterocycles. The SMILES string of the molecule is N=C(N=C(Nn1c2cccc3c4ccccc4c4cccc5oc6ccc1c(c6c54)c32)c1ccccc1)c1ccccc1. The molecule has 0 spiro atoms. The fourth-order valence-electron chi connectivity index (χ4n) is 6.61. The first-order valence-corrected chi connectivity index (χ1v) is 14.3. The number of nitrogens with zero attached hydrogens (tertiary/aromatic N) is 2. The molecule has 0 amide bonds. The Hall–Kier alpha value is -5.94. The van der Waals surface area contributed by atoms with E-state index in [1.54, 1.807) is 0 Å². The molecule has 0 fully saturated rings. The summed E-state index contributed by atoms with van der Waals surface area (Å²) in [5.41, 5.74) is 9.09. The van der Waals surface area contributed by atoms with Crippen LogP contribution in [0.15, 0.2) is 143 Å². The number of hydrogen-bond donors (Lipinski definition) is 2.